The molecule has 4 saturated heterocycles. The van der Waals surface area contributed by atoms with Gasteiger partial charge in [-0.25, -0.2) is 4.79 Å². The van der Waals surface area contributed by atoms with Gasteiger partial charge in [0, 0.05) is 6.92 Å². The Bertz CT molecular complexity index is 1100. The molecule has 23 nitrogen and oxygen atoms in total. The van der Waals surface area contributed by atoms with Gasteiger partial charge in [-0.1, -0.05) is 0 Å². The molecule has 4 rings (SSSR count). The lowest BCUT2D eigenvalue weighted by Crippen LogP contribution is -2.68. The molecular formula is C26H43NO22. The molecule has 4 aliphatic heterocycles. The largest absolute Gasteiger partial charge is 0.479 e. The number of carboxylic acids is 1. The van der Waals surface area contributed by atoms with Crippen molar-refractivity contribution < 1.29 is 109 Å². The molecule has 4 aliphatic rings. The molecule has 0 bridgehead atoms. The highest BCUT2D eigenvalue weighted by Crippen LogP contribution is 2.33. The number of carbonyl (C=O) groups is 2. The van der Waals surface area contributed by atoms with Crippen molar-refractivity contribution >= 4 is 11.9 Å². The van der Waals surface area contributed by atoms with E-state index in [1.54, 1.807) is 0 Å². The minimum Gasteiger partial charge on any atom is -0.479 e. The highest BCUT2D eigenvalue weighted by molar-refractivity contribution is 5.73. The van der Waals surface area contributed by atoms with Gasteiger partial charge in [0.15, 0.2) is 31.3 Å². The van der Waals surface area contributed by atoms with Crippen LogP contribution in [0.1, 0.15) is 6.92 Å². The van der Waals surface area contributed by atoms with Crippen molar-refractivity contribution in [2.45, 2.75) is 130 Å². The molecule has 23 heteroatoms. The van der Waals surface area contributed by atoms with Crippen LogP contribution in [0.25, 0.3) is 0 Å². The quantitative estimate of drug-likeness (QED) is 0.0941. The number of aliphatic hydroxyl groups is 12. The molecule has 0 aromatic carbocycles. The summed E-state index contributed by atoms with van der Waals surface area (Å²) in [6, 6.07) is -1.47. The lowest BCUT2D eigenvalue weighted by molar-refractivity contribution is -0.375. The van der Waals surface area contributed by atoms with Gasteiger partial charge >= 0.3 is 5.97 Å². The van der Waals surface area contributed by atoms with Gasteiger partial charge in [0.2, 0.25) is 5.91 Å². The van der Waals surface area contributed by atoms with E-state index >= 15 is 0 Å². The Kier molecular flexibility index (Phi) is 13.6. The first kappa shape index (κ1) is 40.0. The number of aliphatic hydroxyl groups excluding tert-OH is 12. The topological polar surface area (TPSA) is 374 Å². The first-order valence-corrected chi connectivity index (χ1v) is 15.1. The van der Waals surface area contributed by atoms with E-state index in [2.05, 4.69) is 5.32 Å². The number of carboxylic acid groups (broad SMARTS) is 1. The number of ether oxygens (including phenoxy) is 7. The van der Waals surface area contributed by atoms with Crippen LogP contribution in [0.3, 0.4) is 0 Å². The second-order valence-electron chi connectivity index (χ2n) is 12.0. The Morgan fingerprint density at radius 3 is 1.69 bits per heavy atom. The molecule has 14 N–H and O–H groups in total. The number of hydrogen-bond donors (Lipinski definition) is 14. The maximum Gasteiger partial charge on any atom is 0.335 e. The van der Waals surface area contributed by atoms with Crippen molar-refractivity contribution in [2.75, 3.05) is 19.8 Å². The molecule has 4 fully saturated rings. The van der Waals surface area contributed by atoms with Crippen molar-refractivity contribution in [3.8, 4) is 0 Å². The first-order chi connectivity index (χ1) is 23.0. The molecule has 0 aromatic heterocycles. The molecule has 4 heterocycles. The van der Waals surface area contributed by atoms with E-state index in [0.29, 0.717) is 0 Å². The number of carbonyl (C=O) groups excluding carboxylic acids is 1. The second kappa shape index (κ2) is 16.7. The molecular weight excluding hydrogens is 678 g/mol. The van der Waals surface area contributed by atoms with Crippen LogP contribution in [-0.4, -0.2) is 221 Å². The summed E-state index contributed by atoms with van der Waals surface area (Å²) in [6.45, 7) is -1.47. The summed E-state index contributed by atoms with van der Waals surface area (Å²) in [6.07, 6.45) is -35.4. The van der Waals surface area contributed by atoms with Crippen LogP contribution in [0.4, 0.5) is 0 Å². The molecule has 20 atom stereocenters. The van der Waals surface area contributed by atoms with Crippen LogP contribution in [-0.2, 0) is 42.7 Å². The third kappa shape index (κ3) is 8.47. The summed E-state index contributed by atoms with van der Waals surface area (Å²) >= 11 is 0. The Hall–Kier alpha value is -1.82. The summed E-state index contributed by atoms with van der Waals surface area (Å²) < 4.78 is 37.6. The van der Waals surface area contributed by atoms with Gasteiger partial charge in [-0.2, -0.15) is 0 Å². The van der Waals surface area contributed by atoms with Crippen LogP contribution in [0.2, 0.25) is 0 Å². The molecule has 49 heavy (non-hydrogen) atoms. The summed E-state index contributed by atoms with van der Waals surface area (Å²) in [5.41, 5.74) is 0. The SMILES string of the molecule is CC(=O)N[C@@H]1[C@@H](O[C@@H]2O[C@H](CO)[C@H](O[C@@H]3O[C@H](CO[C@@H]4O[C@H](C(=O)O)[C@@H](O)[C@H](O)[C@H]4O)[C@H](O)[C@H](O)[C@H]3O)[C@H](O)[C@H]2O)[C@@H](O)[C@@H](CO)O[C@@H]1O. The van der Waals surface area contributed by atoms with Crippen LogP contribution < -0.4 is 5.32 Å². The van der Waals surface area contributed by atoms with Gasteiger partial charge in [-0.05, 0) is 0 Å². The van der Waals surface area contributed by atoms with E-state index < -0.39 is 154 Å². The van der Waals surface area contributed by atoms with Gasteiger partial charge < -0.3 is 105 Å². The Balaban J connectivity index is 1.45. The Morgan fingerprint density at radius 2 is 1.12 bits per heavy atom. The van der Waals surface area contributed by atoms with Crippen LogP contribution >= 0.6 is 0 Å². The monoisotopic (exact) mass is 721 g/mol. The molecule has 0 unspecified atom stereocenters. The lowest BCUT2D eigenvalue weighted by atomic mass is 9.95. The van der Waals surface area contributed by atoms with Crippen molar-refractivity contribution in [1.82, 2.24) is 5.32 Å². The molecule has 1 amide bonds. The van der Waals surface area contributed by atoms with E-state index in [0.717, 1.165) is 6.92 Å². The van der Waals surface area contributed by atoms with Crippen molar-refractivity contribution in [3.63, 3.8) is 0 Å². The van der Waals surface area contributed by atoms with E-state index in [1.807, 2.05) is 0 Å². The number of rotatable bonds is 11. The van der Waals surface area contributed by atoms with Crippen LogP contribution in [0, 0.1) is 0 Å². The van der Waals surface area contributed by atoms with Gasteiger partial charge in [-0.3, -0.25) is 4.79 Å². The third-order valence-electron chi connectivity index (χ3n) is 8.55. The number of nitrogens with one attached hydrogen (secondary N) is 1. The Labute approximate surface area is 276 Å². The minimum atomic E-state index is -2.06. The Morgan fingerprint density at radius 1 is 0.592 bits per heavy atom. The predicted octanol–water partition coefficient (Wildman–Crippen LogP) is -9.51. The third-order valence-corrected chi connectivity index (χ3v) is 8.55. The van der Waals surface area contributed by atoms with Crippen molar-refractivity contribution in [2.24, 2.45) is 0 Å². The molecule has 0 aromatic rings. The predicted molar refractivity (Wildman–Crippen MR) is 146 cm³/mol. The summed E-state index contributed by atoms with van der Waals surface area (Å²) in [5.74, 6) is -2.38. The maximum absolute atomic E-state index is 11.7. The zero-order valence-corrected chi connectivity index (χ0v) is 25.7. The zero-order chi connectivity index (χ0) is 36.5. The number of hydrogen-bond acceptors (Lipinski definition) is 21. The van der Waals surface area contributed by atoms with Gasteiger partial charge in [0.25, 0.3) is 0 Å². The van der Waals surface area contributed by atoms with Crippen LogP contribution in [0.5, 0.6) is 0 Å². The van der Waals surface area contributed by atoms with E-state index in [4.69, 9.17) is 33.2 Å². The lowest BCUT2D eigenvalue weighted by Gasteiger charge is -2.48. The van der Waals surface area contributed by atoms with E-state index in [1.165, 1.54) is 0 Å². The normalized spacial score (nSPS) is 49.3. The first-order valence-electron chi connectivity index (χ1n) is 15.1. The fourth-order valence-electron chi connectivity index (χ4n) is 5.82. The molecule has 0 aliphatic carbocycles. The van der Waals surface area contributed by atoms with E-state index in [9.17, 15) is 76.0 Å². The average Bonchev–Trinajstić information content (AvgIpc) is 3.05. The number of aliphatic carboxylic acids is 1. The maximum atomic E-state index is 11.7. The fourth-order valence-corrected chi connectivity index (χ4v) is 5.82. The van der Waals surface area contributed by atoms with E-state index in [-0.39, 0.29) is 0 Å². The molecule has 0 radical (unpaired) electrons. The highest BCUT2D eigenvalue weighted by atomic mass is 16.8. The van der Waals surface area contributed by atoms with Crippen LogP contribution in [0.15, 0.2) is 0 Å². The standard InChI is InChI=1S/C26H43NO22/c1-5(30)27-9-20(11(32)6(2-28)44-23(9)42)48-26-18(39)15(36)19(7(3-29)45-26)47-25-17(38)12(33)10(31)8(46-25)4-43-24-16(37)13(34)14(35)21(49-24)22(40)41/h6-21,23-26,28-29,31-39,42H,2-4H2,1H3,(H,27,30)(H,40,41)/t6-,7-,8-,9-,10+,11+,12+,13+,14+,15-,16-,17-,18-,19+,20-,21+,23+,24-,25+,26+/m1/s1. The number of amides is 1. The summed E-state index contributed by atoms with van der Waals surface area (Å²) in [4.78, 5) is 23.1. The smallest absolute Gasteiger partial charge is 0.335 e. The molecule has 284 valence electrons. The summed E-state index contributed by atoms with van der Waals surface area (Å²) in [5, 5.41) is 136. The van der Waals surface area contributed by atoms with Gasteiger partial charge in [0.1, 0.15) is 91.5 Å². The van der Waals surface area contributed by atoms with Gasteiger partial charge in [0.05, 0.1) is 19.8 Å². The minimum absolute atomic E-state index is 0.687. The van der Waals surface area contributed by atoms with Gasteiger partial charge in [-0.15, -0.1) is 0 Å². The second-order valence-corrected chi connectivity index (χ2v) is 12.0. The highest BCUT2D eigenvalue weighted by Gasteiger charge is 2.54. The van der Waals surface area contributed by atoms with Crippen molar-refractivity contribution in [1.29, 1.82) is 0 Å². The summed E-state index contributed by atoms with van der Waals surface area (Å²) in [7, 11) is 0. The van der Waals surface area contributed by atoms with Crippen molar-refractivity contribution in [3.05, 3.63) is 0 Å². The molecule has 0 spiro atoms. The molecule has 0 saturated carbocycles. The fraction of sp³-hybridized carbons (Fsp3) is 0.923. The average molecular weight is 722 g/mol. The zero-order valence-electron chi connectivity index (χ0n) is 25.7.